The molecule has 0 atom stereocenters. The molecule has 0 aromatic carbocycles. The first-order valence-corrected chi connectivity index (χ1v) is 6.45. The SMILES string of the molecule is CN(c1nc(N)nc2[nH]ncc12)C1CCCCC1. The molecule has 1 aliphatic carbocycles. The number of H-pyrrole nitrogens is 1. The lowest BCUT2D eigenvalue weighted by atomic mass is 9.94. The quantitative estimate of drug-likeness (QED) is 0.842. The van der Waals surface area contributed by atoms with Gasteiger partial charge in [0.1, 0.15) is 5.82 Å². The van der Waals surface area contributed by atoms with Crippen molar-refractivity contribution in [1.82, 2.24) is 20.2 Å². The van der Waals surface area contributed by atoms with Crippen LogP contribution in [-0.4, -0.2) is 33.3 Å². The number of fused-ring (bicyclic) bond motifs is 1. The molecule has 0 amide bonds. The highest BCUT2D eigenvalue weighted by molar-refractivity contribution is 5.87. The van der Waals surface area contributed by atoms with E-state index in [9.17, 15) is 0 Å². The minimum Gasteiger partial charge on any atom is -0.368 e. The van der Waals surface area contributed by atoms with Crippen molar-refractivity contribution in [3.63, 3.8) is 0 Å². The Kier molecular flexibility index (Phi) is 2.77. The molecule has 1 fully saturated rings. The standard InChI is InChI=1S/C12H18N6/c1-18(8-5-3-2-4-6-8)11-9-7-14-17-10(9)15-12(13)16-11/h7-8H,2-6H2,1H3,(H3,13,14,15,16,17). The normalized spacial score (nSPS) is 17.2. The van der Waals surface area contributed by atoms with Gasteiger partial charge in [-0.15, -0.1) is 0 Å². The fourth-order valence-electron chi connectivity index (χ4n) is 2.75. The highest BCUT2D eigenvalue weighted by Gasteiger charge is 2.21. The molecule has 6 heteroatoms. The average Bonchev–Trinajstić information content (AvgIpc) is 2.86. The van der Waals surface area contributed by atoms with E-state index in [1.807, 2.05) is 0 Å². The summed E-state index contributed by atoms with van der Waals surface area (Å²) in [5.41, 5.74) is 6.46. The van der Waals surface area contributed by atoms with Crippen LogP contribution in [0.4, 0.5) is 11.8 Å². The summed E-state index contributed by atoms with van der Waals surface area (Å²) in [4.78, 5) is 10.8. The molecular weight excluding hydrogens is 228 g/mol. The number of nitrogens with zero attached hydrogens (tertiary/aromatic N) is 4. The Morgan fingerprint density at radius 1 is 1.28 bits per heavy atom. The summed E-state index contributed by atoms with van der Waals surface area (Å²) >= 11 is 0. The van der Waals surface area contributed by atoms with Crippen molar-refractivity contribution >= 4 is 22.8 Å². The van der Waals surface area contributed by atoms with Gasteiger partial charge in [-0.3, -0.25) is 5.10 Å². The molecule has 0 saturated heterocycles. The van der Waals surface area contributed by atoms with Crippen molar-refractivity contribution in [3.8, 4) is 0 Å². The van der Waals surface area contributed by atoms with Crippen LogP contribution in [-0.2, 0) is 0 Å². The van der Waals surface area contributed by atoms with Gasteiger partial charge >= 0.3 is 0 Å². The van der Waals surface area contributed by atoms with Gasteiger partial charge in [0, 0.05) is 13.1 Å². The van der Waals surface area contributed by atoms with Gasteiger partial charge in [-0.2, -0.15) is 15.1 Å². The van der Waals surface area contributed by atoms with Crippen LogP contribution in [0.3, 0.4) is 0 Å². The summed E-state index contributed by atoms with van der Waals surface area (Å²) < 4.78 is 0. The number of nitrogen functional groups attached to an aromatic ring is 1. The Balaban J connectivity index is 1.99. The van der Waals surface area contributed by atoms with Gasteiger partial charge in [0.05, 0.1) is 11.6 Å². The smallest absolute Gasteiger partial charge is 0.224 e. The molecular formula is C12H18N6. The maximum absolute atomic E-state index is 5.75. The Bertz CT molecular complexity index is 542. The summed E-state index contributed by atoms with van der Waals surface area (Å²) in [7, 11) is 2.09. The van der Waals surface area contributed by atoms with E-state index >= 15 is 0 Å². The lowest BCUT2D eigenvalue weighted by molar-refractivity contribution is 0.426. The molecule has 1 saturated carbocycles. The van der Waals surface area contributed by atoms with Gasteiger partial charge in [-0.25, -0.2) is 0 Å². The van der Waals surface area contributed by atoms with Crippen molar-refractivity contribution in [2.45, 2.75) is 38.1 Å². The molecule has 1 aliphatic rings. The molecule has 96 valence electrons. The van der Waals surface area contributed by atoms with Gasteiger partial charge in [-0.05, 0) is 12.8 Å². The van der Waals surface area contributed by atoms with E-state index in [2.05, 4.69) is 32.1 Å². The maximum atomic E-state index is 5.75. The monoisotopic (exact) mass is 246 g/mol. The van der Waals surface area contributed by atoms with Crippen LogP contribution in [0.25, 0.3) is 11.0 Å². The molecule has 3 N–H and O–H groups in total. The number of nitrogens with two attached hydrogens (primary N) is 1. The van der Waals surface area contributed by atoms with Crippen LogP contribution < -0.4 is 10.6 Å². The first-order valence-electron chi connectivity index (χ1n) is 6.45. The van der Waals surface area contributed by atoms with E-state index in [0.29, 0.717) is 17.6 Å². The number of hydrogen-bond acceptors (Lipinski definition) is 5. The molecule has 0 unspecified atom stereocenters. The highest BCUT2D eigenvalue weighted by atomic mass is 15.2. The Labute approximate surface area is 106 Å². The highest BCUT2D eigenvalue weighted by Crippen LogP contribution is 2.29. The van der Waals surface area contributed by atoms with E-state index in [4.69, 9.17) is 5.73 Å². The van der Waals surface area contributed by atoms with Gasteiger partial charge in [0.2, 0.25) is 5.95 Å². The number of aromatic nitrogens is 4. The predicted octanol–water partition coefficient (Wildman–Crippen LogP) is 1.70. The molecule has 3 rings (SSSR count). The second-order valence-electron chi connectivity index (χ2n) is 4.94. The minimum absolute atomic E-state index is 0.296. The molecule has 0 aliphatic heterocycles. The van der Waals surface area contributed by atoms with E-state index in [-0.39, 0.29) is 0 Å². The zero-order valence-electron chi connectivity index (χ0n) is 10.6. The van der Waals surface area contributed by atoms with Crippen molar-refractivity contribution in [1.29, 1.82) is 0 Å². The molecule has 0 bridgehead atoms. The average molecular weight is 246 g/mol. The van der Waals surface area contributed by atoms with Gasteiger partial charge < -0.3 is 10.6 Å². The van der Waals surface area contributed by atoms with Gasteiger partial charge in [0.15, 0.2) is 5.65 Å². The van der Waals surface area contributed by atoms with E-state index < -0.39 is 0 Å². The first kappa shape index (κ1) is 11.3. The van der Waals surface area contributed by atoms with Crippen LogP contribution in [0.2, 0.25) is 0 Å². The third-order valence-corrected chi connectivity index (χ3v) is 3.76. The lowest BCUT2D eigenvalue weighted by Crippen LogP contribution is -2.34. The Hall–Kier alpha value is -1.85. The number of aromatic amines is 1. The molecule has 18 heavy (non-hydrogen) atoms. The van der Waals surface area contributed by atoms with E-state index in [1.54, 1.807) is 6.20 Å². The summed E-state index contributed by atoms with van der Waals surface area (Å²) in [5, 5.41) is 7.81. The third-order valence-electron chi connectivity index (χ3n) is 3.76. The molecule has 2 heterocycles. The van der Waals surface area contributed by atoms with Crippen LogP contribution in [0.1, 0.15) is 32.1 Å². The largest absolute Gasteiger partial charge is 0.368 e. The van der Waals surface area contributed by atoms with Gasteiger partial charge in [-0.1, -0.05) is 19.3 Å². The fourth-order valence-corrected chi connectivity index (χ4v) is 2.75. The molecule has 0 radical (unpaired) electrons. The van der Waals surface area contributed by atoms with E-state index in [1.165, 1.54) is 32.1 Å². The number of nitrogens with one attached hydrogen (secondary N) is 1. The fraction of sp³-hybridized carbons (Fsp3) is 0.583. The van der Waals surface area contributed by atoms with Crippen LogP contribution >= 0.6 is 0 Å². The molecule has 6 nitrogen and oxygen atoms in total. The zero-order valence-corrected chi connectivity index (χ0v) is 10.6. The summed E-state index contributed by atoms with van der Waals surface area (Å²) in [6.45, 7) is 0. The topological polar surface area (TPSA) is 83.7 Å². The Morgan fingerprint density at radius 3 is 2.83 bits per heavy atom. The molecule has 2 aromatic heterocycles. The molecule has 2 aromatic rings. The van der Waals surface area contributed by atoms with Crippen LogP contribution in [0.5, 0.6) is 0 Å². The van der Waals surface area contributed by atoms with Crippen LogP contribution in [0, 0.1) is 0 Å². The molecule has 0 spiro atoms. The second-order valence-corrected chi connectivity index (χ2v) is 4.94. The number of anilines is 2. The van der Waals surface area contributed by atoms with Gasteiger partial charge in [0.25, 0.3) is 0 Å². The van der Waals surface area contributed by atoms with E-state index in [0.717, 1.165) is 11.2 Å². The summed E-state index contributed by atoms with van der Waals surface area (Å²) in [5.74, 6) is 1.18. The maximum Gasteiger partial charge on any atom is 0.224 e. The first-order chi connectivity index (χ1) is 8.75. The van der Waals surface area contributed by atoms with Crippen molar-refractivity contribution in [2.24, 2.45) is 0 Å². The number of hydrogen-bond donors (Lipinski definition) is 2. The third kappa shape index (κ3) is 1.87. The predicted molar refractivity (Wildman–Crippen MR) is 71.4 cm³/mol. The Morgan fingerprint density at radius 2 is 2.06 bits per heavy atom. The van der Waals surface area contributed by atoms with Crippen molar-refractivity contribution < 1.29 is 0 Å². The summed E-state index contributed by atoms with van der Waals surface area (Å²) in [6.07, 6.45) is 8.15. The number of rotatable bonds is 2. The zero-order chi connectivity index (χ0) is 12.5. The van der Waals surface area contributed by atoms with Crippen LogP contribution in [0.15, 0.2) is 6.20 Å². The van der Waals surface area contributed by atoms with Crippen molar-refractivity contribution in [2.75, 3.05) is 17.7 Å². The lowest BCUT2D eigenvalue weighted by Gasteiger charge is -2.32. The minimum atomic E-state index is 0.296. The van der Waals surface area contributed by atoms with Crippen molar-refractivity contribution in [3.05, 3.63) is 6.20 Å². The summed E-state index contributed by atoms with van der Waals surface area (Å²) in [6, 6.07) is 0.547. The second kappa shape index (κ2) is 4.44.